The van der Waals surface area contributed by atoms with E-state index in [2.05, 4.69) is 46.1 Å². The highest BCUT2D eigenvalue weighted by molar-refractivity contribution is 8.06. The fraction of sp³-hybridized carbons (Fsp3) is 0.700. The SMILES string of the molecule is Cc1nc(CNCC2CSCCS2)cs1. The van der Waals surface area contributed by atoms with Gasteiger partial charge in [-0.05, 0) is 6.92 Å². The molecule has 0 spiro atoms. The lowest BCUT2D eigenvalue weighted by Crippen LogP contribution is -2.28. The summed E-state index contributed by atoms with van der Waals surface area (Å²) in [6.07, 6.45) is 0. The van der Waals surface area contributed by atoms with Crippen molar-refractivity contribution in [2.75, 3.05) is 23.8 Å². The summed E-state index contributed by atoms with van der Waals surface area (Å²) in [6.45, 7) is 4.10. The summed E-state index contributed by atoms with van der Waals surface area (Å²) in [6, 6.07) is 0. The van der Waals surface area contributed by atoms with Crippen molar-refractivity contribution in [3.8, 4) is 0 Å². The van der Waals surface area contributed by atoms with E-state index >= 15 is 0 Å². The summed E-state index contributed by atoms with van der Waals surface area (Å²) in [4.78, 5) is 4.44. The van der Waals surface area contributed by atoms with Gasteiger partial charge in [-0.25, -0.2) is 4.98 Å². The lowest BCUT2D eigenvalue weighted by atomic mass is 10.4. The Labute approximate surface area is 104 Å². The summed E-state index contributed by atoms with van der Waals surface area (Å²) >= 11 is 5.91. The van der Waals surface area contributed by atoms with Gasteiger partial charge in [0.1, 0.15) is 0 Å². The van der Waals surface area contributed by atoms with E-state index in [1.165, 1.54) is 23.0 Å². The maximum absolute atomic E-state index is 4.44. The highest BCUT2D eigenvalue weighted by Crippen LogP contribution is 2.23. The van der Waals surface area contributed by atoms with E-state index in [1.54, 1.807) is 11.3 Å². The normalized spacial score (nSPS) is 21.8. The Morgan fingerprint density at radius 2 is 2.47 bits per heavy atom. The summed E-state index contributed by atoms with van der Waals surface area (Å²) in [7, 11) is 0. The molecule has 0 aliphatic carbocycles. The molecule has 0 aromatic carbocycles. The van der Waals surface area contributed by atoms with Crippen molar-refractivity contribution in [2.45, 2.75) is 18.7 Å². The molecule has 0 bridgehead atoms. The maximum Gasteiger partial charge on any atom is 0.0897 e. The number of thioether (sulfide) groups is 2. The molecule has 15 heavy (non-hydrogen) atoms. The van der Waals surface area contributed by atoms with Gasteiger partial charge in [0.2, 0.25) is 0 Å². The van der Waals surface area contributed by atoms with E-state index in [4.69, 9.17) is 0 Å². The van der Waals surface area contributed by atoms with Crippen LogP contribution in [0.5, 0.6) is 0 Å². The van der Waals surface area contributed by atoms with E-state index in [9.17, 15) is 0 Å². The molecule has 0 saturated carbocycles. The fourth-order valence-electron chi connectivity index (χ4n) is 1.51. The first-order valence-corrected chi connectivity index (χ1v) is 8.24. The molecular weight excluding hydrogens is 244 g/mol. The van der Waals surface area contributed by atoms with Crippen LogP contribution in [-0.2, 0) is 6.54 Å². The largest absolute Gasteiger partial charge is 0.310 e. The molecule has 2 rings (SSSR count). The first kappa shape index (κ1) is 11.8. The summed E-state index contributed by atoms with van der Waals surface area (Å²) in [5.41, 5.74) is 1.19. The molecule has 0 radical (unpaired) electrons. The van der Waals surface area contributed by atoms with Crippen molar-refractivity contribution in [2.24, 2.45) is 0 Å². The van der Waals surface area contributed by atoms with Crippen LogP contribution >= 0.6 is 34.9 Å². The van der Waals surface area contributed by atoms with E-state index in [-0.39, 0.29) is 0 Å². The van der Waals surface area contributed by atoms with Gasteiger partial charge in [-0.2, -0.15) is 23.5 Å². The Kier molecular flexibility index (Phi) is 4.81. The van der Waals surface area contributed by atoms with Crippen molar-refractivity contribution in [3.05, 3.63) is 16.1 Å². The predicted octanol–water partition coefficient (Wildman–Crippen LogP) is 2.39. The predicted molar refractivity (Wildman–Crippen MR) is 72.1 cm³/mol. The number of thiazole rings is 1. The average Bonchev–Trinajstić information content (AvgIpc) is 2.66. The van der Waals surface area contributed by atoms with Gasteiger partial charge in [-0.3, -0.25) is 0 Å². The van der Waals surface area contributed by atoms with Crippen LogP contribution in [0.1, 0.15) is 10.7 Å². The van der Waals surface area contributed by atoms with Gasteiger partial charge in [-0.15, -0.1) is 11.3 Å². The number of aromatic nitrogens is 1. The smallest absolute Gasteiger partial charge is 0.0897 e. The lowest BCUT2D eigenvalue weighted by molar-refractivity contribution is 0.676. The molecule has 1 saturated heterocycles. The van der Waals surface area contributed by atoms with Gasteiger partial charge >= 0.3 is 0 Å². The third-order valence-corrected chi connectivity index (χ3v) is 5.90. The Hall–Kier alpha value is 0.290. The van der Waals surface area contributed by atoms with Crippen molar-refractivity contribution in [3.63, 3.8) is 0 Å². The molecule has 1 fully saturated rings. The third kappa shape index (κ3) is 3.98. The molecule has 84 valence electrons. The molecule has 1 aliphatic rings. The molecule has 0 amide bonds. The zero-order valence-electron chi connectivity index (χ0n) is 8.86. The van der Waals surface area contributed by atoms with Gasteiger partial charge in [-0.1, -0.05) is 0 Å². The molecule has 1 N–H and O–H groups in total. The van der Waals surface area contributed by atoms with Crippen molar-refractivity contribution < 1.29 is 0 Å². The summed E-state index contributed by atoms with van der Waals surface area (Å²) in [5, 5.41) is 7.60. The number of nitrogens with one attached hydrogen (secondary N) is 1. The van der Waals surface area contributed by atoms with Crippen molar-refractivity contribution >= 4 is 34.9 Å². The number of hydrogen-bond donors (Lipinski definition) is 1. The quantitative estimate of drug-likeness (QED) is 0.898. The molecular formula is C10H16N2S3. The van der Waals surface area contributed by atoms with Gasteiger partial charge in [0.25, 0.3) is 0 Å². The van der Waals surface area contributed by atoms with E-state index in [1.807, 2.05) is 0 Å². The Morgan fingerprint density at radius 3 is 3.13 bits per heavy atom. The Balaban J connectivity index is 1.65. The topological polar surface area (TPSA) is 24.9 Å². The van der Waals surface area contributed by atoms with Gasteiger partial charge in [0, 0.05) is 41.0 Å². The number of rotatable bonds is 4. The highest BCUT2D eigenvalue weighted by atomic mass is 32.2. The summed E-state index contributed by atoms with van der Waals surface area (Å²) < 4.78 is 0. The Bertz CT molecular complexity index is 295. The van der Waals surface area contributed by atoms with E-state index < -0.39 is 0 Å². The molecule has 2 heterocycles. The molecule has 2 nitrogen and oxygen atoms in total. The van der Waals surface area contributed by atoms with E-state index in [0.717, 1.165) is 23.3 Å². The van der Waals surface area contributed by atoms with E-state index in [0.29, 0.717) is 0 Å². The van der Waals surface area contributed by atoms with Crippen LogP contribution in [0.25, 0.3) is 0 Å². The second kappa shape index (κ2) is 6.13. The zero-order valence-corrected chi connectivity index (χ0v) is 11.3. The van der Waals surface area contributed by atoms with Crippen LogP contribution in [0.15, 0.2) is 5.38 Å². The minimum absolute atomic E-state index is 0.795. The maximum atomic E-state index is 4.44. The molecule has 1 atom stereocenters. The number of hydrogen-bond acceptors (Lipinski definition) is 5. The molecule has 1 aromatic heterocycles. The number of nitrogens with zero attached hydrogens (tertiary/aromatic N) is 1. The second-order valence-corrected chi connectivity index (χ2v) is 7.18. The van der Waals surface area contributed by atoms with Gasteiger partial charge in [0.05, 0.1) is 10.7 Å². The van der Waals surface area contributed by atoms with Crippen LogP contribution in [0, 0.1) is 6.92 Å². The lowest BCUT2D eigenvalue weighted by Gasteiger charge is -2.20. The average molecular weight is 260 g/mol. The molecule has 1 aliphatic heterocycles. The molecule has 1 unspecified atom stereocenters. The van der Waals surface area contributed by atoms with Crippen molar-refractivity contribution in [1.82, 2.24) is 10.3 Å². The molecule has 5 heteroatoms. The molecule has 1 aromatic rings. The van der Waals surface area contributed by atoms with Crippen LogP contribution in [0.2, 0.25) is 0 Å². The van der Waals surface area contributed by atoms with Gasteiger partial charge < -0.3 is 5.32 Å². The summed E-state index contributed by atoms with van der Waals surface area (Å²) in [5.74, 6) is 3.94. The van der Waals surface area contributed by atoms with Crippen LogP contribution < -0.4 is 5.32 Å². The first-order valence-electron chi connectivity index (χ1n) is 5.15. The van der Waals surface area contributed by atoms with Crippen LogP contribution in [0.4, 0.5) is 0 Å². The number of aryl methyl sites for hydroxylation is 1. The monoisotopic (exact) mass is 260 g/mol. The van der Waals surface area contributed by atoms with Crippen LogP contribution in [-0.4, -0.2) is 34.0 Å². The minimum Gasteiger partial charge on any atom is -0.310 e. The van der Waals surface area contributed by atoms with Gasteiger partial charge in [0.15, 0.2) is 0 Å². The third-order valence-electron chi connectivity index (χ3n) is 2.23. The first-order chi connectivity index (χ1) is 7.34. The highest BCUT2D eigenvalue weighted by Gasteiger charge is 2.13. The fourth-order valence-corrected chi connectivity index (χ4v) is 4.76. The van der Waals surface area contributed by atoms with Crippen molar-refractivity contribution in [1.29, 1.82) is 0 Å². The second-order valence-electron chi connectivity index (χ2n) is 3.56. The zero-order chi connectivity index (χ0) is 10.5. The minimum atomic E-state index is 0.795. The Morgan fingerprint density at radius 1 is 1.53 bits per heavy atom. The van der Waals surface area contributed by atoms with Crippen LogP contribution in [0.3, 0.4) is 0 Å². The standard InChI is InChI=1S/C10H16N2S3/c1-8-12-9(6-15-8)4-11-5-10-7-13-2-3-14-10/h6,10-11H,2-5,7H2,1H3.